The zero-order valence-corrected chi connectivity index (χ0v) is 16.2. The quantitative estimate of drug-likeness (QED) is 0.683. The SMILES string of the molecule is C=CC(c1ccc(C(=O)O)cc1)c1ccc2c(c1)C(C)(C)CCC2(C)C. The molecule has 1 unspecified atom stereocenters. The van der Waals surface area contributed by atoms with Gasteiger partial charge in [0.1, 0.15) is 0 Å². The van der Waals surface area contributed by atoms with Gasteiger partial charge in [-0.3, -0.25) is 0 Å². The van der Waals surface area contributed by atoms with Crippen molar-refractivity contribution in [1.29, 1.82) is 0 Å². The topological polar surface area (TPSA) is 37.3 Å². The van der Waals surface area contributed by atoms with Crippen LogP contribution >= 0.6 is 0 Å². The molecule has 1 N–H and O–H groups in total. The average molecular weight is 348 g/mol. The Morgan fingerprint density at radius 1 is 0.962 bits per heavy atom. The van der Waals surface area contributed by atoms with Crippen LogP contribution in [0.2, 0.25) is 0 Å². The number of hydrogen-bond acceptors (Lipinski definition) is 1. The van der Waals surface area contributed by atoms with E-state index in [1.807, 2.05) is 18.2 Å². The third-order valence-electron chi connectivity index (χ3n) is 5.99. The molecule has 0 bridgehead atoms. The van der Waals surface area contributed by atoms with E-state index in [0.29, 0.717) is 5.56 Å². The van der Waals surface area contributed by atoms with E-state index in [1.54, 1.807) is 12.1 Å². The van der Waals surface area contributed by atoms with Crippen molar-refractivity contribution in [3.63, 3.8) is 0 Å². The van der Waals surface area contributed by atoms with Crippen LogP contribution in [-0.4, -0.2) is 11.1 Å². The fourth-order valence-corrected chi connectivity index (χ4v) is 4.10. The number of aromatic carboxylic acids is 1. The highest BCUT2D eigenvalue weighted by Gasteiger charge is 2.37. The highest BCUT2D eigenvalue weighted by molar-refractivity contribution is 5.87. The lowest BCUT2D eigenvalue weighted by molar-refractivity contribution is 0.0697. The van der Waals surface area contributed by atoms with Crippen LogP contribution in [0.15, 0.2) is 55.1 Å². The molecule has 3 rings (SSSR count). The number of allylic oxidation sites excluding steroid dienone is 1. The van der Waals surface area contributed by atoms with Gasteiger partial charge in [0.05, 0.1) is 5.56 Å². The maximum atomic E-state index is 11.1. The van der Waals surface area contributed by atoms with E-state index in [9.17, 15) is 4.79 Å². The van der Waals surface area contributed by atoms with E-state index in [-0.39, 0.29) is 16.7 Å². The van der Waals surface area contributed by atoms with Crippen LogP contribution in [0.3, 0.4) is 0 Å². The number of benzene rings is 2. The third-order valence-corrected chi connectivity index (χ3v) is 5.99. The van der Waals surface area contributed by atoms with Crippen LogP contribution in [-0.2, 0) is 10.8 Å². The van der Waals surface area contributed by atoms with Gasteiger partial charge in [0, 0.05) is 5.92 Å². The average Bonchev–Trinajstić information content (AvgIpc) is 2.60. The zero-order chi connectivity index (χ0) is 19.1. The molecule has 136 valence electrons. The number of carbonyl (C=O) groups is 1. The molecule has 26 heavy (non-hydrogen) atoms. The van der Waals surface area contributed by atoms with Gasteiger partial charge >= 0.3 is 5.97 Å². The number of carboxylic acids is 1. The molecule has 0 radical (unpaired) electrons. The van der Waals surface area contributed by atoms with E-state index >= 15 is 0 Å². The van der Waals surface area contributed by atoms with E-state index in [4.69, 9.17) is 5.11 Å². The highest BCUT2D eigenvalue weighted by Crippen LogP contribution is 2.46. The summed E-state index contributed by atoms with van der Waals surface area (Å²) in [5, 5.41) is 9.11. The largest absolute Gasteiger partial charge is 0.478 e. The van der Waals surface area contributed by atoms with Crippen molar-refractivity contribution in [3.05, 3.63) is 82.9 Å². The van der Waals surface area contributed by atoms with Crippen molar-refractivity contribution in [1.82, 2.24) is 0 Å². The summed E-state index contributed by atoms with van der Waals surface area (Å²) in [6.45, 7) is 13.3. The van der Waals surface area contributed by atoms with E-state index < -0.39 is 5.97 Å². The van der Waals surface area contributed by atoms with Crippen LogP contribution in [0.25, 0.3) is 0 Å². The molecule has 0 amide bonds. The Labute approximate surface area is 156 Å². The van der Waals surface area contributed by atoms with E-state index in [1.165, 1.54) is 29.5 Å². The summed E-state index contributed by atoms with van der Waals surface area (Å²) in [4.78, 5) is 11.1. The number of hydrogen-bond donors (Lipinski definition) is 1. The van der Waals surface area contributed by atoms with Crippen molar-refractivity contribution in [3.8, 4) is 0 Å². The first-order valence-corrected chi connectivity index (χ1v) is 9.26. The second-order valence-electron chi connectivity index (χ2n) is 8.71. The van der Waals surface area contributed by atoms with Gasteiger partial charge in [-0.1, -0.05) is 64.1 Å². The minimum atomic E-state index is -0.899. The van der Waals surface area contributed by atoms with Crippen molar-refractivity contribution in [2.45, 2.75) is 57.3 Å². The van der Waals surface area contributed by atoms with E-state index in [2.05, 4.69) is 52.5 Å². The fraction of sp³-hybridized carbons (Fsp3) is 0.375. The molecule has 2 aromatic rings. The Kier molecular flexibility index (Phi) is 4.56. The molecule has 1 aliphatic rings. The summed E-state index contributed by atoms with van der Waals surface area (Å²) < 4.78 is 0. The number of rotatable bonds is 4. The van der Waals surface area contributed by atoms with Gasteiger partial charge in [-0.15, -0.1) is 6.58 Å². The lowest BCUT2D eigenvalue weighted by atomic mass is 9.62. The van der Waals surface area contributed by atoms with Gasteiger partial charge in [0.2, 0.25) is 0 Å². The zero-order valence-electron chi connectivity index (χ0n) is 16.2. The van der Waals surface area contributed by atoms with Gasteiger partial charge in [-0.2, -0.15) is 0 Å². The predicted molar refractivity (Wildman–Crippen MR) is 107 cm³/mol. The molecule has 0 aliphatic heterocycles. The highest BCUT2D eigenvalue weighted by atomic mass is 16.4. The van der Waals surface area contributed by atoms with Crippen LogP contribution in [0, 0.1) is 0 Å². The Morgan fingerprint density at radius 2 is 1.50 bits per heavy atom. The number of fused-ring (bicyclic) bond motifs is 1. The van der Waals surface area contributed by atoms with Gasteiger partial charge < -0.3 is 5.11 Å². The summed E-state index contributed by atoms with van der Waals surface area (Å²) in [6.07, 6.45) is 4.33. The summed E-state index contributed by atoms with van der Waals surface area (Å²) in [5.41, 5.74) is 5.84. The maximum absolute atomic E-state index is 11.1. The molecular weight excluding hydrogens is 320 g/mol. The Morgan fingerprint density at radius 3 is 2.04 bits per heavy atom. The minimum Gasteiger partial charge on any atom is -0.478 e. The van der Waals surface area contributed by atoms with Crippen LogP contribution < -0.4 is 0 Å². The molecule has 2 nitrogen and oxygen atoms in total. The predicted octanol–water partition coefficient (Wildman–Crippen LogP) is 6.05. The standard InChI is InChI=1S/C24H28O2/c1-6-19(16-7-9-17(10-8-16)22(25)26)18-11-12-20-21(15-18)24(4,5)14-13-23(20,2)3/h6-12,15,19H,1,13-14H2,2-5H3,(H,25,26). The summed E-state index contributed by atoms with van der Waals surface area (Å²) >= 11 is 0. The van der Waals surface area contributed by atoms with Gasteiger partial charge in [0.15, 0.2) is 0 Å². The Bertz CT molecular complexity index is 841. The van der Waals surface area contributed by atoms with Gasteiger partial charge in [-0.25, -0.2) is 4.79 Å². The summed E-state index contributed by atoms with van der Waals surface area (Å²) in [6, 6.07) is 14.0. The molecule has 1 atom stereocenters. The lowest BCUT2D eigenvalue weighted by Gasteiger charge is -2.42. The lowest BCUT2D eigenvalue weighted by Crippen LogP contribution is -2.34. The summed E-state index contributed by atoms with van der Waals surface area (Å²) in [7, 11) is 0. The molecule has 0 spiro atoms. The minimum absolute atomic E-state index is 0.0592. The normalized spacial score (nSPS) is 18.6. The maximum Gasteiger partial charge on any atom is 0.335 e. The Balaban J connectivity index is 2.05. The summed E-state index contributed by atoms with van der Waals surface area (Å²) in [5.74, 6) is -0.839. The van der Waals surface area contributed by atoms with Gasteiger partial charge in [0.25, 0.3) is 0 Å². The van der Waals surface area contributed by atoms with Crippen molar-refractivity contribution >= 4 is 5.97 Å². The molecule has 0 saturated carbocycles. The molecule has 2 aromatic carbocycles. The van der Waals surface area contributed by atoms with Crippen LogP contribution in [0.5, 0.6) is 0 Å². The fourth-order valence-electron chi connectivity index (χ4n) is 4.10. The first kappa shape index (κ1) is 18.4. The first-order chi connectivity index (χ1) is 12.2. The smallest absolute Gasteiger partial charge is 0.335 e. The van der Waals surface area contributed by atoms with Crippen molar-refractivity contribution < 1.29 is 9.90 Å². The third kappa shape index (κ3) is 3.21. The molecule has 2 heteroatoms. The monoisotopic (exact) mass is 348 g/mol. The molecule has 0 saturated heterocycles. The molecular formula is C24H28O2. The van der Waals surface area contributed by atoms with Gasteiger partial charge in [-0.05, 0) is 58.1 Å². The van der Waals surface area contributed by atoms with Crippen LogP contribution in [0.1, 0.15) is 79.1 Å². The van der Waals surface area contributed by atoms with Crippen molar-refractivity contribution in [2.24, 2.45) is 0 Å². The number of carboxylic acid groups (broad SMARTS) is 1. The first-order valence-electron chi connectivity index (χ1n) is 9.26. The second kappa shape index (κ2) is 6.42. The Hall–Kier alpha value is -2.35. The van der Waals surface area contributed by atoms with Crippen molar-refractivity contribution in [2.75, 3.05) is 0 Å². The molecule has 0 heterocycles. The molecule has 1 aliphatic carbocycles. The van der Waals surface area contributed by atoms with E-state index in [0.717, 1.165) is 5.56 Å². The second-order valence-corrected chi connectivity index (χ2v) is 8.71. The van der Waals surface area contributed by atoms with Crippen LogP contribution in [0.4, 0.5) is 0 Å². The molecule has 0 aromatic heterocycles. The molecule has 0 fully saturated rings.